The monoisotopic (exact) mass is 257 g/mol. The number of benzene rings is 1. The van der Waals surface area contributed by atoms with Gasteiger partial charge in [-0.15, -0.1) is 0 Å². The fraction of sp³-hybridized carbons (Fsp3) is 0.333. The van der Waals surface area contributed by atoms with Gasteiger partial charge in [-0.3, -0.25) is 9.48 Å². The molecular weight excluding hydrogens is 238 g/mol. The molecule has 2 rings (SSSR count). The van der Waals surface area contributed by atoms with Gasteiger partial charge in [0, 0.05) is 17.9 Å². The lowest BCUT2D eigenvalue weighted by Gasteiger charge is -2.06. The first kappa shape index (κ1) is 13.3. The molecule has 0 bridgehead atoms. The standard InChI is InChI=1S/C15H19N3O/c1-3-18-14(9-12(2)17-18)10-15(19)11-16-13-7-5-4-6-8-13/h4-9,16H,3,10-11H2,1-2H3. The van der Waals surface area contributed by atoms with E-state index in [9.17, 15) is 4.79 Å². The Balaban J connectivity index is 1.91. The molecule has 0 saturated heterocycles. The predicted octanol–water partition coefficient (Wildman–Crippen LogP) is 2.44. The molecule has 2 aromatic rings. The van der Waals surface area contributed by atoms with Crippen molar-refractivity contribution in [1.29, 1.82) is 0 Å². The van der Waals surface area contributed by atoms with Crippen LogP contribution in [-0.4, -0.2) is 22.1 Å². The van der Waals surface area contributed by atoms with Gasteiger partial charge >= 0.3 is 0 Å². The molecule has 0 spiro atoms. The molecule has 0 fully saturated rings. The number of hydrogen-bond acceptors (Lipinski definition) is 3. The summed E-state index contributed by atoms with van der Waals surface area (Å²) in [4.78, 5) is 12.0. The van der Waals surface area contributed by atoms with E-state index in [1.165, 1.54) is 0 Å². The Kier molecular flexibility index (Phi) is 4.34. The summed E-state index contributed by atoms with van der Waals surface area (Å²) >= 11 is 0. The average molecular weight is 257 g/mol. The van der Waals surface area contributed by atoms with E-state index < -0.39 is 0 Å². The van der Waals surface area contributed by atoms with E-state index in [1.54, 1.807) is 0 Å². The van der Waals surface area contributed by atoms with Crippen molar-refractivity contribution in [1.82, 2.24) is 9.78 Å². The van der Waals surface area contributed by atoms with Gasteiger partial charge in [-0.05, 0) is 32.0 Å². The molecule has 1 aromatic heterocycles. The van der Waals surface area contributed by atoms with Crippen LogP contribution in [-0.2, 0) is 17.8 Å². The summed E-state index contributed by atoms with van der Waals surface area (Å²) in [7, 11) is 0. The number of nitrogens with zero attached hydrogens (tertiary/aromatic N) is 2. The minimum atomic E-state index is 0.165. The van der Waals surface area contributed by atoms with Gasteiger partial charge in [0.1, 0.15) is 0 Å². The number of para-hydroxylation sites is 1. The van der Waals surface area contributed by atoms with Crippen LogP contribution in [0.5, 0.6) is 0 Å². The van der Waals surface area contributed by atoms with Gasteiger partial charge in [0.2, 0.25) is 0 Å². The summed E-state index contributed by atoms with van der Waals surface area (Å²) in [6.45, 7) is 5.12. The maximum absolute atomic E-state index is 12.0. The normalized spacial score (nSPS) is 10.4. The van der Waals surface area contributed by atoms with Gasteiger partial charge in [-0.1, -0.05) is 18.2 Å². The molecular formula is C15H19N3O. The van der Waals surface area contributed by atoms with Gasteiger partial charge in [0.25, 0.3) is 0 Å². The van der Waals surface area contributed by atoms with Crippen LogP contribution in [0.25, 0.3) is 0 Å². The first-order valence-corrected chi connectivity index (χ1v) is 6.53. The topological polar surface area (TPSA) is 46.9 Å². The molecule has 100 valence electrons. The second-order valence-electron chi connectivity index (χ2n) is 4.53. The second-order valence-corrected chi connectivity index (χ2v) is 4.53. The van der Waals surface area contributed by atoms with E-state index in [-0.39, 0.29) is 5.78 Å². The lowest BCUT2D eigenvalue weighted by molar-refractivity contribution is -0.116. The van der Waals surface area contributed by atoms with Crippen molar-refractivity contribution >= 4 is 11.5 Å². The van der Waals surface area contributed by atoms with Gasteiger partial charge in [0.05, 0.1) is 18.7 Å². The van der Waals surface area contributed by atoms with Crippen LogP contribution in [0.4, 0.5) is 5.69 Å². The summed E-state index contributed by atoms with van der Waals surface area (Å²) in [5, 5.41) is 7.47. The number of rotatable bonds is 6. The first-order chi connectivity index (χ1) is 9.19. The lowest BCUT2D eigenvalue weighted by atomic mass is 10.2. The number of nitrogens with one attached hydrogen (secondary N) is 1. The van der Waals surface area contributed by atoms with Crippen molar-refractivity contribution < 1.29 is 4.79 Å². The molecule has 0 aliphatic carbocycles. The zero-order valence-electron chi connectivity index (χ0n) is 11.4. The maximum atomic E-state index is 12.0. The molecule has 0 radical (unpaired) electrons. The molecule has 0 aliphatic rings. The van der Waals surface area contributed by atoms with E-state index in [0.717, 1.165) is 23.6 Å². The molecule has 1 aromatic carbocycles. The van der Waals surface area contributed by atoms with Crippen LogP contribution in [0.1, 0.15) is 18.3 Å². The van der Waals surface area contributed by atoms with Crippen LogP contribution in [0.3, 0.4) is 0 Å². The SMILES string of the molecule is CCn1nc(C)cc1CC(=O)CNc1ccccc1. The van der Waals surface area contributed by atoms with Gasteiger partial charge in [-0.2, -0.15) is 5.10 Å². The fourth-order valence-corrected chi connectivity index (χ4v) is 2.04. The highest BCUT2D eigenvalue weighted by atomic mass is 16.1. The van der Waals surface area contributed by atoms with Gasteiger partial charge in [0.15, 0.2) is 5.78 Å². The number of anilines is 1. The largest absolute Gasteiger partial charge is 0.378 e. The van der Waals surface area contributed by atoms with Crippen LogP contribution in [0.2, 0.25) is 0 Å². The van der Waals surface area contributed by atoms with E-state index in [0.29, 0.717) is 13.0 Å². The summed E-state index contributed by atoms with van der Waals surface area (Å²) < 4.78 is 1.88. The third kappa shape index (κ3) is 3.68. The Morgan fingerprint density at radius 3 is 2.74 bits per heavy atom. The Hall–Kier alpha value is -2.10. The van der Waals surface area contributed by atoms with E-state index >= 15 is 0 Å². The molecule has 0 saturated carbocycles. The maximum Gasteiger partial charge on any atom is 0.157 e. The highest BCUT2D eigenvalue weighted by Crippen LogP contribution is 2.07. The van der Waals surface area contributed by atoms with Crippen LogP contribution >= 0.6 is 0 Å². The Bertz CT molecular complexity index is 546. The van der Waals surface area contributed by atoms with Crippen molar-refractivity contribution in [3.8, 4) is 0 Å². The number of Topliss-reactive ketones (excluding diaryl/α,β-unsaturated/α-hetero) is 1. The third-order valence-corrected chi connectivity index (χ3v) is 2.93. The predicted molar refractivity (Wildman–Crippen MR) is 76.3 cm³/mol. The summed E-state index contributed by atoms with van der Waals surface area (Å²) in [5.74, 6) is 0.165. The number of carbonyl (C=O) groups is 1. The van der Waals surface area contributed by atoms with E-state index in [2.05, 4.69) is 10.4 Å². The molecule has 0 aliphatic heterocycles. The lowest BCUT2D eigenvalue weighted by Crippen LogP contribution is -2.18. The Labute approximate surface area is 113 Å². The smallest absolute Gasteiger partial charge is 0.157 e. The zero-order valence-corrected chi connectivity index (χ0v) is 11.4. The van der Waals surface area contributed by atoms with Crippen molar-refractivity contribution in [2.45, 2.75) is 26.8 Å². The minimum absolute atomic E-state index is 0.165. The highest BCUT2D eigenvalue weighted by Gasteiger charge is 2.09. The molecule has 1 heterocycles. The molecule has 0 atom stereocenters. The Morgan fingerprint density at radius 1 is 1.32 bits per heavy atom. The van der Waals surface area contributed by atoms with Gasteiger partial charge in [-0.25, -0.2) is 0 Å². The minimum Gasteiger partial charge on any atom is -0.378 e. The van der Waals surface area contributed by atoms with E-state index in [1.807, 2.05) is 54.9 Å². The van der Waals surface area contributed by atoms with Crippen LogP contribution in [0, 0.1) is 6.92 Å². The first-order valence-electron chi connectivity index (χ1n) is 6.53. The molecule has 4 nitrogen and oxygen atoms in total. The molecule has 0 amide bonds. The third-order valence-electron chi connectivity index (χ3n) is 2.93. The number of aryl methyl sites for hydroxylation is 2. The quantitative estimate of drug-likeness (QED) is 0.864. The van der Waals surface area contributed by atoms with Crippen LogP contribution in [0.15, 0.2) is 36.4 Å². The van der Waals surface area contributed by atoms with Crippen molar-refractivity contribution in [2.24, 2.45) is 0 Å². The summed E-state index contributed by atoms with van der Waals surface area (Å²) in [5.41, 5.74) is 2.91. The van der Waals surface area contributed by atoms with E-state index in [4.69, 9.17) is 0 Å². The molecule has 4 heteroatoms. The highest BCUT2D eigenvalue weighted by molar-refractivity contribution is 5.84. The zero-order chi connectivity index (χ0) is 13.7. The van der Waals surface area contributed by atoms with Gasteiger partial charge < -0.3 is 5.32 Å². The average Bonchev–Trinajstić information content (AvgIpc) is 2.77. The number of carbonyl (C=O) groups excluding carboxylic acids is 1. The number of hydrogen-bond donors (Lipinski definition) is 1. The summed E-state index contributed by atoms with van der Waals surface area (Å²) in [6, 6.07) is 11.7. The Morgan fingerprint density at radius 2 is 2.05 bits per heavy atom. The molecule has 0 unspecified atom stereocenters. The van der Waals surface area contributed by atoms with Crippen molar-refractivity contribution in [3.05, 3.63) is 47.8 Å². The fourth-order valence-electron chi connectivity index (χ4n) is 2.04. The molecule has 1 N–H and O–H groups in total. The van der Waals surface area contributed by atoms with Crippen LogP contribution < -0.4 is 5.32 Å². The second kappa shape index (κ2) is 6.18. The number of ketones is 1. The summed E-state index contributed by atoms with van der Waals surface area (Å²) in [6.07, 6.45) is 0.425. The van der Waals surface area contributed by atoms with Crippen molar-refractivity contribution in [2.75, 3.05) is 11.9 Å². The molecule has 19 heavy (non-hydrogen) atoms. The number of aromatic nitrogens is 2. The van der Waals surface area contributed by atoms with Crippen molar-refractivity contribution in [3.63, 3.8) is 0 Å².